The van der Waals surface area contributed by atoms with Crippen LogP contribution in [0.1, 0.15) is 61.1 Å². The molecule has 1 aliphatic heterocycles. The van der Waals surface area contributed by atoms with Gasteiger partial charge in [0.25, 0.3) is 0 Å². The van der Waals surface area contributed by atoms with E-state index in [1.54, 1.807) is 0 Å². The van der Waals surface area contributed by atoms with Gasteiger partial charge >= 0.3 is 37.9 Å². The average molecular weight is 864 g/mol. The largest absolute Gasteiger partial charge is 0.184 e. The first-order valence-corrected chi connectivity index (χ1v) is 27.1. The van der Waals surface area contributed by atoms with Gasteiger partial charge in [-0.2, -0.15) is 41.6 Å². The maximum absolute atomic E-state index is 4.93. The quantitative estimate of drug-likeness (QED) is 0.115. The van der Waals surface area contributed by atoms with Gasteiger partial charge in [-0.3, -0.25) is 0 Å². The second-order valence-corrected chi connectivity index (χ2v) is 19.2. The molecule has 0 aliphatic carbocycles. The van der Waals surface area contributed by atoms with Gasteiger partial charge in [-0.1, -0.05) is 147 Å². The summed E-state index contributed by atoms with van der Waals surface area (Å²) in [5.74, 6) is 0. The molecule has 282 valence electrons. The van der Waals surface area contributed by atoms with Crippen LogP contribution in [0.5, 0.6) is 0 Å². The topological polar surface area (TPSA) is 0 Å². The molecule has 9 rings (SSSR count). The van der Waals surface area contributed by atoms with Crippen LogP contribution in [0, 0.1) is 19.9 Å². The van der Waals surface area contributed by atoms with E-state index in [0.717, 1.165) is 35.2 Å². The first-order valence-electron chi connectivity index (χ1n) is 19.7. The van der Waals surface area contributed by atoms with Gasteiger partial charge in [0.05, 0.1) is 9.52 Å². The summed E-state index contributed by atoms with van der Waals surface area (Å²) in [6, 6.07) is 54.2. The average Bonchev–Trinajstić information content (AvgIpc) is 3.93. The molecule has 8 aromatic carbocycles. The van der Waals surface area contributed by atoms with Crippen LogP contribution in [0.2, 0.25) is 0 Å². The summed E-state index contributed by atoms with van der Waals surface area (Å²) in [4.78, 5) is 0. The number of benzene rings is 6. The monoisotopic (exact) mass is 861 g/mol. The first-order chi connectivity index (χ1) is 27.3. The van der Waals surface area contributed by atoms with Crippen molar-refractivity contribution in [2.24, 2.45) is 0 Å². The Morgan fingerprint density at radius 2 is 0.946 bits per heavy atom. The van der Waals surface area contributed by atoms with Crippen molar-refractivity contribution >= 4 is 58.5 Å². The van der Waals surface area contributed by atoms with E-state index < -0.39 is 20.8 Å². The van der Waals surface area contributed by atoms with E-state index in [-0.39, 0.29) is 0 Å². The van der Waals surface area contributed by atoms with Crippen molar-refractivity contribution in [1.82, 2.24) is 0 Å². The number of aryl methyl sites for hydroxylation is 6. The Labute approximate surface area is 356 Å². The molecule has 2 radical (unpaired) electrons. The van der Waals surface area contributed by atoms with Crippen LogP contribution in [0.25, 0.3) is 54.9 Å². The molecule has 0 N–H and O–H groups in total. The Hall–Kier alpha value is -3.78. The maximum atomic E-state index is 4.93. The van der Waals surface area contributed by atoms with E-state index >= 15 is 0 Å². The number of hydrogen-bond acceptors (Lipinski definition) is 0. The van der Waals surface area contributed by atoms with Crippen LogP contribution in [0.3, 0.4) is 0 Å². The predicted octanol–water partition coefficient (Wildman–Crippen LogP) is 13.8. The third-order valence-corrected chi connectivity index (χ3v) is 12.0. The minimum Gasteiger partial charge on any atom is -0.184 e. The van der Waals surface area contributed by atoms with Gasteiger partial charge in [-0.05, 0) is 47.9 Å². The van der Waals surface area contributed by atoms with Crippen molar-refractivity contribution in [2.75, 3.05) is 0 Å². The maximum Gasteiger partial charge on any atom is 0.0920 e. The first kappa shape index (κ1) is 41.8. The van der Waals surface area contributed by atoms with Gasteiger partial charge in [0.2, 0.25) is 0 Å². The van der Waals surface area contributed by atoms with Gasteiger partial charge < -0.3 is 0 Å². The molecule has 1 heterocycles. The second kappa shape index (κ2) is 20.1. The molecular formula is C52H49Cl2SiZr-3. The summed E-state index contributed by atoms with van der Waals surface area (Å²) >= 11 is -0.826. The Balaban J connectivity index is 0.000000140. The molecule has 8 aromatic rings. The second-order valence-electron chi connectivity index (χ2n) is 14.2. The Morgan fingerprint density at radius 3 is 1.43 bits per heavy atom. The fourth-order valence-electron chi connectivity index (χ4n) is 8.05. The molecular weight excluding hydrogens is 815 g/mol. The number of hydrogen-bond donors (Lipinski definition) is 0. The van der Waals surface area contributed by atoms with E-state index in [9.17, 15) is 0 Å². The summed E-state index contributed by atoms with van der Waals surface area (Å²) in [6.45, 7) is 13.3. The van der Waals surface area contributed by atoms with Crippen LogP contribution in [0.15, 0.2) is 140 Å². The molecule has 0 saturated carbocycles. The summed E-state index contributed by atoms with van der Waals surface area (Å²) < 4.78 is 0. The van der Waals surface area contributed by atoms with Crippen LogP contribution in [-0.2, 0) is 46.5 Å². The van der Waals surface area contributed by atoms with Crippen LogP contribution in [0.4, 0.5) is 0 Å². The molecule has 0 unspecified atom stereocenters. The zero-order valence-electron chi connectivity index (χ0n) is 33.4. The number of fused-ring (bicyclic) bond motifs is 5. The van der Waals surface area contributed by atoms with E-state index in [4.69, 9.17) is 17.0 Å². The zero-order chi connectivity index (χ0) is 39.6. The van der Waals surface area contributed by atoms with Gasteiger partial charge in [0.1, 0.15) is 0 Å². The van der Waals surface area contributed by atoms with Crippen molar-refractivity contribution < 1.29 is 20.8 Å². The normalized spacial score (nSPS) is 11.1. The van der Waals surface area contributed by atoms with Crippen molar-refractivity contribution in [3.05, 3.63) is 179 Å². The molecule has 56 heavy (non-hydrogen) atoms. The molecule has 0 spiro atoms. The zero-order valence-corrected chi connectivity index (χ0v) is 38.3. The summed E-state index contributed by atoms with van der Waals surface area (Å²) in [5, 5.41) is 8.36. The number of rotatable bonds is 6. The minimum atomic E-state index is -0.826. The smallest absolute Gasteiger partial charge is 0.0920 e. The third-order valence-electron chi connectivity index (χ3n) is 10.7. The van der Waals surface area contributed by atoms with E-state index in [2.05, 4.69) is 181 Å². The SMILES string of the molecule is CCc1ccccc1-c1c(CC)ccc2[cH-]c(C)cc12.CCc1ccccc1-c1c(CC)ccc2[cH-]c(C)cc12.[Cl][Zr][Cl].[c-]1cccc2c1[Si]c1ccccc1-2. The molecule has 0 atom stereocenters. The molecule has 0 fully saturated rings. The molecule has 0 nitrogen and oxygen atoms in total. The molecule has 0 amide bonds. The molecule has 4 heteroatoms. The molecule has 0 bridgehead atoms. The molecule has 1 aliphatic rings. The fourth-order valence-corrected chi connectivity index (χ4v) is 9.36. The summed E-state index contributed by atoms with van der Waals surface area (Å²) in [5.41, 5.74) is 16.9. The molecule has 0 aromatic heterocycles. The number of halogens is 2. The Kier molecular flexibility index (Phi) is 15.0. The van der Waals surface area contributed by atoms with Crippen molar-refractivity contribution in [1.29, 1.82) is 0 Å². The van der Waals surface area contributed by atoms with Crippen LogP contribution in [-0.4, -0.2) is 9.52 Å². The molecule has 0 saturated heterocycles. The van der Waals surface area contributed by atoms with Crippen LogP contribution >= 0.6 is 17.0 Å². The Bertz CT molecular complexity index is 2360. The van der Waals surface area contributed by atoms with E-state index in [1.165, 1.54) is 98.7 Å². The standard InChI is InChI=1S/2C20H21.C12H7Si.2ClH.Zr/c2*1-4-15-8-6-7-9-18(15)20-16(5-2)10-11-17-12-14(3)13-19(17)20;1-3-7-11-9(5-1)10-6-2-4-8-12(10)13-11;;;/h2*6-13H,4-5H2,1-3H3;1-7H;2*1H;/q3*-1;;;+2/p-2. The van der Waals surface area contributed by atoms with Crippen molar-refractivity contribution in [2.45, 2.75) is 67.2 Å². The fraction of sp³-hybridized carbons (Fsp3) is 0.192. The van der Waals surface area contributed by atoms with E-state index in [0.29, 0.717) is 0 Å². The van der Waals surface area contributed by atoms with Crippen molar-refractivity contribution in [3.8, 4) is 33.4 Å². The third kappa shape index (κ3) is 9.33. The summed E-state index contributed by atoms with van der Waals surface area (Å²) in [6.07, 6.45) is 4.31. The predicted molar refractivity (Wildman–Crippen MR) is 244 cm³/mol. The van der Waals surface area contributed by atoms with Gasteiger partial charge in [0, 0.05) is 0 Å². The minimum absolute atomic E-state index is 0.795. The summed E-state index contributed by atoms with van der Waals surface area (Å²) in [7, 11) is 10.7. The van der Waals surface area contributed by atoms with Gasteiger partial charge in [0.15, 0.2) is 0 Å². The van der Waals surface area contributed by atoms with Gasteiger partial charge in [-0.25, -0.2) is 0 Å². The van der Waals surface area contributed by atoms with Crippen LogP contribution < -0.4 is 10.4 Å². The van der Waals surface area contributed by atoms with Crippen molar-refractivity contribution in [3.63, 3.8) is 0 Å². The Morgan fingerprint density at radius 1 is 0.518 bits per heavy atom. The van der Waals surface area contributed by atoms with E-state index in [1.807, 2.05) is 6.07 Å². The van der Waals surface area contributed by atoms with Gasteiger partial charge in [-0.15, -0.1) is 74.6 Å².